The maximum Gasteiger partial charge on any atom is 0.0503 e. The van der Waals surface area contributed by atoms with Crippen LogP contribution in [0, 0.1) is 0 Å². The largest absolute Gasteiger partial charge is 0.345 e. The van der Waals surface area contributed by atoms with Gasteiger partial charge in [-0.25, -0.2) is 0 Å². The lowest BCUT2D eigenvalue weighted by molar-refractivity contribution is 1.20. The van der Waals surface area contributed by atoms with Crippen LogP contribution in [0.5, 0.6) is 0 Å². The minimum atomic E-state index is 0.951. The van der Waals surface area contributed by atoms with E-state index in [4.69, 9.17) is 0 Å². The number of anilines is 5. The summed E-state index contributed by atoms with van der Waals surface area (Å²) in [7, 11) is 2.11. The molecule has 0 saturated heterocycles. The van der Waals surface area contributed by atoms with Crippen molar-refractivity contribution < 1.29 is 0 Å². The molecule has 1 aliphatic carbocycles. The monoisotopic (exact) mass is 755 g/mol. The van der Waals surface area contributed by atoms with E-state index in [1.807, 2.05) is 117 Å². The van der Waals surface area contributed by atoms with E-state index in [1.165, 1.54) is 50.4 Å². The number of nitrogens with zero attached hydrogens (tertiary/aromatic N) is 2. The third-order valence-electron chi connectivity index (χ3n) is 7.94. The first kappa shape index (κ1) is 53.0. The summed E-state index contributed by atoms with van der Waals surface area (Å²) >= 11 is 0. The third-order valence-corrected chi connectivity index (χ3v) is 7.94. The third kappa shape index (κ3) is 14.5. The Hall–Kier alpha value is -5.08. The molecule has 0 aliphatic heterocycles. The molecular weight excluding hydrogens is 677 g/mol. The molecule has 0 bridgehead atoms. The molecule has 0 spiro atoms. The molecule has 6 aromatic rings. The molecule has 56 heavy (non-hydrogen) atoms. The van der Waals surface area contributed by atoms with E-state index in [2.05, 4.69) is 162 Å². The Kier molecular flexibility index (Phi) is 31.5. The molecule has 0 fully saturated rings. The molecule has 2 heteroatoms. The SMILES string of the molecule is CC.CC.CC.CC.CC.CC.CC.CC.CN(c1ccccc1)c1ccc(-c2ccc(N(c3ccccc3)c3cccc4c3Cc3ccccc3-4)cc2)cc1. The van der Waals surface area contributed by atoms with E-state index in [1.54, 1.807) is 0 Å². The molecule has 0 atom stereocenters. The summed E-state index contributed by atoms with van der Waals surface area (Å²) in [5.74, 6) is 0. The summed E-state index contributed by atoms with van der Waals surface area (Å²) in [6.07, 6.45) is 0.951. The van der Waals surface area contributed by atoms with Gasteiger partial charge in [0.1, 0.15) is 0 Å². The summed E-state index contributed by atoms with van der Waals surface area (Å²) in [6.45, 7) is 32.0. The molecule has 0 aromatic heterocycles. The highest BCUT2D eigenvalue weighted by Crippen LogP contribution is 2.45. The van der Waals surface area contributed by atoms with Crippen LogP contribution in [0.2, 0.25) is 0 Å². The minimum absolute atomic E-state index is 0.951. The first-order valence-corrected chi connectivity index (χ1v) is 21.8. The Balaban J connectivity index is 0. The molecule has 0 unspecified atom stereocenters. The zero-order valence-corrected chi connectivity index (χ0v) is 38.5. The van der Waals surface area contributed by atoms with Gasteiger partial charge < -0.3 is 9.80 Å². The van der Waals surface area contributed by atoms with Gasteiger partial charge in [-0.3, -0.25) is 0 Å². The molecule has 0 amide bonds. The Morgan fingerprint density at radius 3 is 1.16 bits per heavy atom. The second kappa shape index (κ2) is 33.3. The fourth-order valence-corrected chi connectivity index (χ4v) is 5.84. The average molecular weight is 755 g/mol. The minimum Gasteiger partial charge on any atom is -0.345 e. The van der Waals surface area contributed by atoms with Crippen LogP contribution in [-0.2, 0) is 6.42 Å². The molecule has 6 aromatic carbocycles. The van der Waals surface area contributed by atoms with Crippen LogP contribution in [0.25, 0.3) is 22.3 Å². The van der Waals surface area contributed by atoms with Gasteiger partial charge in [0.25, 0.3) is 0 Å². The summed E-state index contributed by atoms with van der Waals surface area (Å²) in [6, 6.07) is 54.4. The van der Waals surface area contributed by atoms with Crippen LogP contribution in [-0.4, -0.2) is 7.05 Å². The number of rotatable bonds is 6. The van der Waals surface area contributed by atoms with E-state index in [-0.39, 0.29) is 0 Å². The van der Waals surface area contributed by atoms with Crippen LogP contribution in [0.1, 0.15) is 122 Å². The van der Waals surface area contributed by atoms with E-state index in [9.17, 15) is 0 Å². The van der Waals surface area contributed by atoms with Gasteiger partial charge in [0.05, 0.1) is 5.69 Å². The molecule has 0 N–H and O–H groups in total. The topological polar surface area (TPSA) is 6.48 Å². The maximum atomic E-state index is 2.40. The molecule has 0 saturated carbocycles. The molecule has 0 heterocycles. The molecule has 0 radical (unpaired) electrons. The van der Waals surface area contributed by atoms with Gasteiger partial charge in [-0.05, 0) is 88.0 Å². The van der Waals surface area contributed by atoms with Crippen molar-refractivity contribution in [2.45, 2.75) is 117 Å². The zero-order valence-electron chi connectivity index (χ0n) is 38.5. The normalized spacial score (nSPS) is 9.09. The van der Waals surface area contributed by atoms with Crippen molar-refractivity contribution in [2.24, 2.45) is 0 Å². The maximum absolute atomic E-state index is 2.40. The Morgan fingerprint density at radius 2 is 0.679 bits per heavy atom. The van der Waals surface area contributed by atoms with Gasteiger partial charge in [-0.15, -0.1) is 0 Å². The van der Waals surface area contributed by atoms with Crippen molar-refractivity contribution in [3.63, 3.8) is 0 Å². The van der Waals surface area contributed by atoms with E-state index >= 15 is 0 Å². The number of hydrogen-bond donors (Lipinski definition) is 0. The van der Waals surface area contributed by atoms with E-state index in [0.29, 0.717) is 0 Å². The quantitative estimate of drug-likeness (QED) is 0.167. The van der Waals surface area contributed by atoms with Gasteiger partial charge in [0.2, 0.25) is 0 Å². The summed E-state index contributed by atoms with van der Waals surface area (Å²) in [5.41, 5.74) is 13.8. The summed E-state index contributed by atoms with van der Waals surface area (Å²) in [4.78, 5) is 4.60. The molecule has 2 nitrogen and oxygen atoms in total. The smallest absolute Gasteiger partial charge is 0.0503 e. The molecular formula is C54H78N2. The van der Waals surface area contributed by atoms with Crippen molar-refractivity contribution in [1.82, 2.24) is 0 Å². The highest BCUT2D eigenvalue weighted by Gasteiger charge is 2.24. The predicted molar refractivity (Wildman–Crippen MR) is 260 cm³/mol. The van der Waals surface area contributed by atoms with Crippen molar-refractivity contribution in [1.29, 1.82) is 0 Å². The van der Waals surface area contributed by atoms with Crippen LogP contribution in [0.3, 0.4) is 0 Å². The summed E-state index contributed by atoms with van der Waals surface area (Å²) in [5, 5.41) is 0. The van der Waals surface area contributed by atoms with Crippen LogP contribution in [0.4, 0.5) is 28.4 Å². The van der Waals surface area contributed by atoms with Gasteiger partial charge in [0.15, 0.2) is 0 Å². The first-order chi connectivity index (χ1) is 27.8. The fraction of sp³-hybridized carbons (Fsp3) is 0.333. The molecule has 7 rings (SSSR count). The predicted octanol–water partition coefficient (Wildman–Crippen LogP) is 18.4. The number of para-hydroxylation sites is 2. The van der Waals surface area contributed by atoms with Crippen molar-refractivity contribution in [3.8, 4) is 22.3 Å². The lowest BCUT2D eigenvalue weighted by Gasteiger charge is -2.28. The lowest BCUT2D eigenvalue weighted by atomic mass is 10.0. The Labute approximate surface area is 346 Å². The van der Waals surface area contributed by atoms with Crippen molar-refractivity contribution >= 4 is 28.4 Å². The highest BCUT2D eigenvalue weighted by atomic mass is 15.1. The number of benzene rings is 6. The van der Waals surface area contributed by atoms with Gasteiger partial charge in [-0.2, -0.15) is 0 Å². The van der Waals surface area contributed by atoms with Gasteiger partial charge in [0, 0.05) is 36.2 Å². The first-order valence-electron chi connectivity index (χ1n) is 21.8. The van der Waals surface area contributed by atoms with Crippen molar-refractivity contribution in [3.05, 3.63) is 163 Å². The van der Waals surface area contributed by atoms with Crippen LogP contribution in [0.15, 0.2) is 152 Å². The fourth-order valence-electron chi connectivity index (χ4n) is 5.84. The van der Waals surface area contributed by atoms with Gasteiger partial charge >= 0.3 is 0 Å². The highest BCUT2D eigenvalue weighted by molar-refractivity contribution is 5.88. The summed E-state index contributed by atoms with van der Waals surface area (Å²) < 4.78 is 0. The Morgan fingerprint density at radius 1 is 0.321 bits per heavy atom. The second-order valence-corrected chi connectivity index (χ2v) is 10.3. The molecule has 304 valence electrons. The Bertz CT molecular complexity index is 1760. The zero-order chi connectivity index (χ0) is 42.9. The van der Waals surface area contributed by atoms with Crippen LogP contribution < -0.4 is 9.80 Å². The van der Waals surface area contributed by atoms with E-state index < -0.39 is 0 Å². The van der Waals surface area contributed by atoms with Gasteiger partial charge in [-0.1, -0.05) is 208 Å². The lowest BCUT2D eigenvalue weighted by Crippen LogP contribution is -2.12. The van der Waals surface area contributed by atoms with Crippen molar-refractivity contribution in [2.75, 3.05) is 16.8 Å². The molecule has 1 aliphatic rings. The number of fused-ring (bicyclic) bond motifs is 3. The standard InChI is InChI=1S/C38H30N2.8C2H6/c1-39(31-12-4-2-5-13-31)32-23-19-28(20-24-32)29-21-25-34(26-22-29)40(33-14-6-3-7-15-33)38-18-10-17-36-35-16-9-8-11-30(35)27-37(36)38;8*1-2/h2-26H,27H2,1H3;8*1-2H3. The van der Waals surface area contributed by atoms with Crippen LogP contribution >= 0.6 is 0 Å². The van der Waals surface area contributed by atoms with E-state index in [0.717, 1.165) is 17.8 Å². The average Bonchev–Trinajstić information content (AvgIpc) is 3.72. The second-order valence-electron chi connectivity index (χ2n) is 10.3. The number of hydrogen-bond acceptors (Lipinski definition) is 2.